The van der Waals surface area contributed by atoms with Gasteiger partial charge in [0.2, 0.25) is 5.91 Å². The van der Waals surface area contributed by atoms with Crippen LogP contribution in [0.2, 0.25) is 0 Å². The van der Waals surface area contributed by atoms with Crippen molar-refractivity contribution in [1.82, 2.24) is 4.98 Å². The number of carbonyl (C=O) groups is 1. The number of hydrogen-bond acceptors (Lipinski definition) is 2. The van der Waals surface area contributed by atoms with E-state index < -0.39 is 46.2 Å². The third kappa shape index (κ3) is 5.76. The minimum Gasteiger partial charge on any atom is -0.313 e. The number of pyridine rings is 1. The van der Waals surface area contributed by atoms with Gasteiger partial charge in [-0.1, -0.05) is 12.1 Å². The molecule has 0 aliphatic carbocycles. The van der Waals surface area contributed by atoms with Crippen molar-refractivity contribution in [2.75, 3.05) is 11.9 Å². The third-order valence-corrected chi connectivity index (χ3v) is 6.10. The van der Waals surface area contributed by atoms with Crippen LogP contribution >= 0.6 is 22.6 Å². The average Bonchev–Trinajstić information content (AvgIpc) is 2.77. The molecule has 1 aromatic heterocycles. The van der Waals surface area contributed by atoms with Gasteiger partial charge in [0.1, 0.15) is 9.52 Å². The van der Waals surface area contributed by atoms with Crippen LogP contribution in [0.15, 0.2) is 54.7 Å². The van der Waals surface area contributed by atoms with E-state index in [9.17, 15) is 35.5 Å². The molecule has 11 heteroatoms. The Hall–Kier alpha value is -2.70. The lowest BCUT2D eigenvalue weighted by atomic mass is 9.81. The number of nitrogens with zero attached hydrogens (tertiary/aromatic N) is 2. The number of alkyl halides is 6. The Labute approximate surface area is 210 Å². The van der Waals surface area contributed by atoms with E-state index in [0.29, 0.717) is 27.0 Å². The van der Waals surface area contributed by atoms with Crippen molar-refractivity contribution in [1.29, 1.82) is 0 Å². The summed E-state index contributed by atoms with van der Waals surface area (Å²) in [4.78, 5) is 18.8. The molecule has 2 aromatic carbocycles. The number of aromatic nitrogens is 1. The minimum atomic E-state index is -5.04. The van der Waals surface area contributed by atoms with Crippen LogP contribution in [0.4, 0.5) is 36.4 Å². The van der Waals surface area contributed by atoms with Crippen molar-refractivity contribution in [3.8, 4) is 11.1 Å². The summed E-state index contributed by atoms with van der Waals surface area (Å²) in [6.45, 7) is 2.50. The number of carbonyl (C=O) groups excluding carboxylic acids is 1. The predicted molar refractivity (Wildman–Crippen MR) is 125 cm³/mol. The molecule has 0 bridgehead atoms. The summed E-state index contributed by atoms with van der Waals surface area (Å²) in [6, 6.07) is 8.16. The van der Waals surface area contributed by atoms with Gasteiger partial charge in [0.15, 0.2) is 0 Å². The molecule has 0 saturated heterocycles. The zero-order valence-electron chi connectivity index (χ0n) is 18.5. The Morgan fingerprint density at radius 2 is 1.34 bits per heavy atom. The van der Waals surface area contributed by atoms with Gasteiger partial charge >= 0.3 is 12.4 Å². The molecule has 3 aromatic rings. The van der Waals surface area contributed by atoms with E-state index >= 15 is 0 Å². The van der Waals surface area contributed by atoms with Gasteiger partial charge in [-0.05, 0) is 84.0 Å². The molecule has 0 spiro atoms. The third-order valence-electron chi connectivity index (χ3n) is 5.51. The van der Waals surface area contributed by atoms with Crippen LogP contribution in [0.25, 0.3) is 11.1 Å². The predicted octanol–water partition coefficient (Wildman–Crippen LogP) is 7.47. The fourth-order valence-corrected chi connectivity index (χ4v) is 3.97. The highest BCUT2D eigenvalue weighted by Gasteiger charge is 2.41. The summed E-state index contributed by atoms with van der Waals surface area (Å²) < 4.78 is 94.1. The minimum absolute atomic E-state index is 0.0173. The number of hydrogen-bond donors (Lipinski definition) is 0. The smallest absolute Gasteiger partial charge is 0.313 e. The van der Waals surface area contributed by atoms with Gasteiger partial charge in [-0.3, -0.25) is 4.79 Å². The lowest BCUT2D eigenvalue weighted by Crippen LogP contribution is -2.42. The second-order valence-corrected chi connectivity index (χ2v) is 9.42. The fourth-order valence-electron chi connectivity index (χ4n) is 3.52. The molecule has 0 N–H and O–H groups in total. The summed E-state index contributed by atoms with van der Waals surface area (Å²) in [5.41, 5.74) is -3.97. The largest absolute Gasteiger partial charge is 0.416 e. The van der Waals surface area contributed by atoms with E-state index in [-0.39, 0.29) is 11.8 Å². The van der Waals surface area contributed by atoms with Crippen LogP contribution < -0.4 is 4.90 Å². The molecule has 0 aliphatic rings. The van der Waals surface area contributed by atoms with E-state index in [1.165, 1.54) is 51.4 Å². The van der Waals surface area contributed by atoms with Crippen molar-refractivity contribution >= 4 is 34.2 Å². The van der Waals surface area contributed by atoms with Gasteiger partial charge in [-0.15, -0.1) is 0 Å². The molecular formula is C24H18F7IN2O. The first kappa shape index (κ1) is 26.9. The van der Waals surface area contributed by atoms with Crippen LogP contribution in [-0.2, 0) is 22.6 Å². The molecule has 35 heavy (non-hydrogen) atoms. The zero-order valence-corrected chi connectivity index (χ0v) is 20.7. The lowest BCUT2D eigenvalue weighted by Gasteiger charge is -2.32. The monoisotopic (exact) mass is 610 g/mol. The summed E-state index contributed by atoms with van der Waals surface area (Å²) in [6.07, 6.45) is -8.73. The number of halogens is 8. The standard InChI is InChI=1S/C24H18F7IN2O/c1-22(2,14-8-15(23(26,27)28)10-16(9-14)24(29,30)31)21(35)34(3)19-12-33-20(32)11-18(19)13-4-6-17(25)7-5-13/h4-12H,1-3H3. The SMILES string of the molecule is CN(C(=O)C(C)(C)c1cc(C(F)(F)F)cc(C(F)(F)F)c1)c1cnc(I)cc1-c1ccc(F)cc1. The van der Waals surface area contributed by atoms with Crippen molar-refractivity contribution in [3.05, 3.63) is 80.9 Å². The Balaban J connectivity index is 2.11. The van der Waals surface area contributed by atoms with Gasteiger partial charge in [-0.2, -0.15) is 26.3 Å². The number of rotatable bonds is 4. The number of likely N-dealkylation sites (N-methyl/N-ethyl adjacent to an activating group) is 1. The van der Waals surface area contributed by atoms with Gasteiger partial charge in [0.25, 0.3) is 0 Å². The summed E-state index contributed by atoms with van der Waals surface area (Å²) in [5, 5.41) is 0. The van der Waals surface area contributed by atoms with Crippen LogP contribution in [0.3, 0.4) is 0 Å². The normalized spacial score (nSPS) is 12.5. The van der Waals surface area contributed by atoms with Gasteiger partial charge in [0, 0.05) is 12.6 Å². The molecule has 1 amide bonds. The van der Waals surface area contributed by atoms with E-state index in [2.05, 4.69) is 4.98 Å². The Morgan fingerprint density at radius 3 is 1.83 bits per heavy atom. The van der Waals surface area contributed by atoms with E-state index in [1.807, 2.05) is 22.6 Å². The molecule has 0 atom stereocenters. The van der Waals surface area contributed by atoms with E-state index in [0.717, 1.165) is 4.90 Å². The molecular weight excluding hydrogens is 592 g/mol. The van der Waals surface area contributed by atoms with Crippen molar-refractivity contribution in [2.24, 2.45) is 0 Å². The first-order valence-corrected chi connectivity index (χ1v) is 11.1. The van der Waals surface area contributed by atoms with Crippen LogP contribution in [0, 0.1) is 9.52 Å². The number of benzene rings is 2. The van der Waals surface area contributed by atoms with E-state index in [4.69, 9.17) is 0 Å². The summed E-state index contributed by atoms with van der Waals surface area (Å²) >= 11 is 1.94. The Kier molecular flexibility index (Phi) is 7.22. The van der Waals surface area contributed by atoms with Gasteiger partial charge in [0.05, 0.1) is 28.4 Å². The van der Waals surface area contributed by atoms with Gasteiger partial charge < -0.3 is 4.90 Å². The number of anilines is 1. The topological polar surface area (TPSA) is 33.2 Å². The molecule has 1 heterocycles. The zero-order chi connectivity index (χ0) is 26.3. The fraction of sp³-hybridized carbons (Fsp3) is 0.250. The quantitative estimate of drug-likeness (QED) is 0.175. The second-order valence-electron chi connectivity index (χ2n) is 8.31. The Morgan fingerprint density at radius 1 is 0.857 bits per heavy atom. The maximum Gasteiger partial charge on any atom is 0.416 e. The highest BCUT2D eigenvalue weighted by atomic mass is 127. The van der Waals surface area contributed by atoms with Crippen LogP contribution in [0.1, 0.15) is 30.5 Å². The van der Waals surface area contributed by atoms with Crippen LogP contribution in [-0.4, -0.2) is 17.9 Å². The highest BCUT2D eigenvalue weighted by molar-refractivity contribution is 14.1. The molecule has 186 valence electrons. The lowest BCUT2D eigenvalue weighted by molar-refractivity contribution is -0.143. The van der Waals surface area contributed by atoms with Crippen molar-refractivity contribution < 1.29 is 35.5 Å². The Bertz CT molecular complexity index is 1220. The van der Waals surface area contributed by atoms with E-state index in [1.54, 1.807) is 6.07 Å². The molecule has 0 fully saturated rings. The molecule has 0 aliphatic heterocycles. The number of amides is 1. The second kappa shape index (κ2) is 9.40. The maximum atomic E-state index is 13.5. The summed E-state index contributed by atoms with van der Waals surface area (Å²) in [7, 11) is 1.35. The molecule has 0 radical (unpaired) electrons. The first-order valence-electron chi connectivity index (χ1n) is 10.0. The first-order chi connectivity index (χ1) is 16.0. The molecule has 0 unspecified atom stereocenters. The molecule has 3 nitrogen and oxygen atoms in total. The van der Waals surface area contributed by atoms with Gasteiger partial charge in [-0.25, -0.2) is 9.37 Å². The molecule has 0 saturated carbocycles. The van der Waals surface area contributed by atoms with Crippen LogP contribution in [0.5, 0.6) is 0 Å². The van der Waals surface area contributed by atoms with Crippen molar-refractivity contribution in [3.63, 3.8) is 0 Å². The van der Waals surface area contributed by atoms with Crippen molar-refractivity contribution in [2.45, 2.75) is 31.6 Å². The molecule has 3 rings (SSSR count). The average molecular weight is 610 g/mol. The highest BCUT2D eigenvalue weighted by Crippen LogP contribution is 2.40. The summed E-state index contributed by atoms with van der Waals surface area (Å²) in [5.74, 6) is -1.24. The maximum absolute atomic E-state index is 13.5.